The molecule has 0 saturated carbocycles. The highest BCUT2D eigenvalue weighted by atomic mass is 32.1. The summed E-state index contributed by atoms with van der Waals surface area (Å²) >= 11 is 0. The minimum Gasteiger partial charge on any atom is -0.319 e. The van der Waals surface area contributed by atoms with Crippen LogP contribution in [0.3, 0.4) is 0 Å². The molecule has 35 heavy (non-hydrogen) atoms. The first-order valence-electron chi connectivity index (χ1n) is 13.8. The lowest BCUT2D eigenvalue weighted by Crippen LogP contribution is -2.64. The van der Waals surface area contributed by atoms with Crippen molar-refractivity contribution in [1.29, 1.82) is 0 Å². The molecule has 0 aromatic rings. The third kappa shape index (κ3) is 10.7. The average Bonchev–Trinajstić information content (AvgIpc) is 2.46. The summed E-state index contributed by atoms with van der Waals surface area (Å²) in [6, 6.07) is 0. The fraction of sp³-hybridized carbons (Fsp3) is 1.00. The molecule has 0 aromatic heterocycles. The summed E-state index contributed by atoms with van der Waals surface area (Å²) in [4.78, 5) is 0. The number of nitrogens with zero attached hydrogens (tertiary/aromatic N) is 4. The summed E-state index contributed by atoms with van der Waals surface area (Å²) in [5, 5.41) is 0. The van der Waals surface area contributed by atoms with Gasteiger partial charge in [0.1, 0.15) is 32.9 Å². The molecule has 0 aliphatic rings. The van der Waals surface area contributed by atoms with Gasteiger partial charge >= 0.3 is 0 Å². The van der Waals surface area contributed by atoms with E-state index in [9.17, 15) is 0 Å². The maximum Gasteiger partial charge on any atom is 0.172 e. The Labute approximate surface area is 230 Å². The summed E-state index contributed by atoms with van der Waals surface area (Å²) in [5.74, 6) is 1.38. The standard InChI is InChI=1S/C23H66N4P2Si6/c1-21-25(22-2)29(23-30(3,4)5,24-31(6,7)8)28(26(32(9,10)11)33(12,13)14)27(34(15,16)17)35(18,19)20/h21-23H2,1-20H3. The zero-order valence-corrected chi connectivity index (χ0v) is 35.6. The third-order valence-electron chi connectivity index (χ3n) is 5.52. The summed E-state index contributed by atoms with van der Waals surface area (Å²) in [7, 11) is -10.2. The molecule has 0 aliphatic heterocycles. The molecule has 0 rings (SSSR count). The van der Waals surface area contributed by atoms with Crippen molar-refractivity contribution >= 4 is 64.1 Å². The summed E-state index contributed by atoms with van der Waals surface area (Å²) in [5.41, 5.74) is 0. The van der Waals surface area contributed by atoms with Gasteiger partial charge in [-0.3, -0.25) is 4.67 Å². The van der Waals surface area contributed by atoms with Crippen LogP contribution in [0.2, 0.25) is 118 Å². The second-order valence-electron chi connectivity index (χ2n) is 16.4. The van der Waals surface area contributed by atoms with E-state index in [1.807, 2.05) is 0 Å². The Morgan fingerprint density at radius 2 is 0.829 bits per heavy atom. The van der Waals surface area contributed by atoms with Crippen LogP contribution in [0.5, 0.6) is 0 Å². The van der Waals surface area contributed by atoms with E-state index < -0.39 is 64.1 Å². The molecule has 12 heteroatoms. The van der Waals surface area contributed by atoms with Crippen molar-refractivity contribution in [3.05, 3.63) is 0 Å². The molecule has 0 heterocycles. The summed E-state index contributed by atoms with van der Waals surface area (Å²) in [6.45, 7) is 52.5. The van der Waals surface area contributed by atoms with E-state index in [4.69, 9.17) is 4.41 Å². The van der Waals surface area contributed by atoms with Crippen LogP contribution in [0.15, 0.2) is 4.41 Å². The molecule has 0 saturated heterocycles. The Morgan fingerprint density at radius 1 is 0.543 bits per heavy atom. The number of hydrogen-bond acceptors (Lipinski definition) is 3. The average molecular weight is 629 g/mol. The molecule has 1 unspecified atom stereocenters. The van der Waals surface area contributed by atoms with Gasteiger partial charge in [-0.15, -0.1) is 0 Å². The molecule has 1 atom stereocenters. The van der Waals surface area contributed by atoms with E-state index >= 15 is 0 Å². The topological polar surface area (TPSA) is 22.1 Å². The fourth-order valence-electron chi connectivity index (χ4n) is 5.67. The van der Waals surface area contributed by atoms with Crippen molar-refractivity contribution in [2.24, 2.45) is 4.41 Å². The summed E-state index contributed by atoms with van der Waals surface area (Å²) < 4.78 is 15.9. The van der Waals surface area contributed by atoms with Crippen molar-refractivity contribution in [3.8, 4) is 0 Å². The normalized spacial score (nSPS) is 17.0. The highest BCUT2D eigenvalue weighted by Crippen LogP contribution is 2.85. The largest absolute Gasteiger partial charge is 0.319 e. The monoisotopic (exact) mass is 628 g/mol. The molecule has 0 amide bonds. The molecule has 0 aromatic carbocycles. The Hall–Kier alpha value is 1.84. The van der Waals surface area contributed by atoms with Crippen LogP contribution in [0.1, 0.15) is 13.8 Å². The van der Waals surface area contributed by atoms with Crippen LogP contribution in [0, 0.1) is 0 Å². The van der Waals surface area contributed by atoms with Crippen molar-refractivity contribution in [3.63, 3.8) is 0 Å². The predicted molar refractivity (Wildman–Crippen MR) is 188 cm³/mol. The lowest BCUT2D eigenvalue weighted by molar-refractivity contribution is 0.507. The van der Waals surface area contributed by atoms with Crippen LogP contribution in [0.4, 0.5) is 0 Å². The van der Waals surface area contributed by atoms with Crippen LogP contribution >= 0.6 is 14.8 Å². The molecular weight excluding hydrogens is 563 g/mol. The van der Waals surface area contributed by atoms with E-state index in [0.29, 0.717) is 0 Å². The minimum absolute atomic E-state index is 0.514. The zero-order chi connectivity index (χ0) is 28.6. The fourth-order valence-corrected chi connectivity index (χ4v) is 72.4. The Balaban J connectivity index is 8.42. The Bertz CT molecular complexity index is 674. The SMILES string of the molecule is CCN(CC)P(C[Si](C)(C)C)(=N[Si](C)(C)C)P(N([Si](C)(C)C)[Si](C)(C)C)N([Si](C)(C)C)[Si](C)(C)C. The molecule has 212 valence electrons. The first kappa shape index (κ1) is 36.8. The first-order chi connectivity index (χ1) is 15.0. The zero-order valence-electron chi connectivity index (χ0n) is 27.8. The van der Waals surface area contributed by atoms with Crippen molar-refractivity contribution in [1.82, 2.24) is 12.7 Å². The molecular formula is C23H66N4P2Si6. The smallest absolute Gasteiger partial charge is 0.172 e. The van der Waals surface area contributed by atoms with Gasteiger partial charge in [0.2, 0.25) is 0 Å². The van der Waals surface area contributed by atoms with E-state index in [0.717, 1.165) is 13.1 Å². The van der Waals surface area contributed by atoms with Crippen molar-refractivity contribution in [2.75, 3.05) is 18.9 Å². The molecule has 4 nitrogen and oxygen atoms in total. The number of rotatable bonds is 13. The second-order valence-corrected chi connectivity index (χ2v) is 55.8. The molecule has 0 radical (unpaired) electrons. The predicted octanol–water partition coefficient (Wildman–Crippen LogP) is 10.3. The molecule has 0 fully saturated rings. The maximum absolute atomic E-state index is 6.31. The van der Waals surface area contributed by atoms with Crippen molar-refractivity contribution < 1.29 is 0 Å². The van der Waals surface area contributed by atoms with Gasteiger partial charge < -0.3 is 12.4 Å². The van der Waals surface area contributed by atoms with Gasteiger partial charge in [-0.2, -0.15) is 0 Å². The third-order valence-corrected chi connectivity index (χ3v) is 47.7. The lowest BCUT2D eigenvalue weighted by atomic mass is 10.7. The quantitative estimate of drug-likeness (QED) is 0.150. The van der Waals surface area contributed by atoms with Gasteiger partial charge in [-0.1, -0.05) is 132 Å². The van der Waals surface area contributed by atoms with Crippen LogP contribution in [-0.2, 0) is 0 Å². The van der Waals surface area contributed by atoms with Crippen LogP contribution in [0.25, 0.3) is 0 Å². The van der Waals surface area contributed by atoms with Crippen molar-refractivity contribution in [2.45, 2.75) is 132 Å². The minimum atomic E-state index is -1.82. The van der Waals surface area contributed by atoms with Gasteiger partial charge in [0.15, 0.2) is 8.24 Å². The Morgan fingerprint density at radius 3 is 1.00 bits per heavy atom. The number of hydrogen-bond donors (Lipinski definition) is 0. The van der Waals surface area contributed by atoms with E-state index in [1.54, 1.807) is 0 Å². The molecule has 0 spiro atoms. The highest BCUT2D eigenvalue weighted by Gasteiger charge is 2.56. The Kier molecular flexibility index (Phi) is 12.8. The van der Waals surface area contributed by atoms with Gasteiger partial charge in [0.25, 0.3) is 0 Å². The molecule has 0 N–H and O–H groups in total. The van der Waals surface area contributed by atoms with Gasteiger partial charge in [0.05, 0.1) is 22.9 Å². The lowest BCUT2D eigenvalue weighted by Gasteiger charge is -2.63. The van der Waals surface area contributed by atoms with E-state index in [-0.39, 0.29) is 0 Å². The van der Waals surface area contributed by atoms with Gasteiger partial charge in [-0.05, 0) is 5.79 Å². The van der Waals surface area contributed by atoms with Gasteiger partial charge in [0, 0.05) is 13.1 Å². The van der Waals surface area contributed by atoms with Crippen LogP contribution in [-0.4, -0.2) is 80.8 Å². The van der Waals surface area contributed by atoms with E-state index in [1.165, 1.54) is 5.79 Å². The van der Waals surface area contributed by atoms with Crippen LogP contribution < -0.4 is 0 Å². The van der Waals surface area contributed by atoms with E-state index in [2.05, 4.69) is 144 Å². The maximum atomic E-state index is 6.31. The second kappa shape index (κ2) is 12.1. The van der Waals surface area contributed by atoms with Gasteiger partial charge in [-0.25, -0.2) is 0 Å². The summed E-state index contributed by atoms with van der Waals surface area (Å²) in [6.07, 6.45) is 0. The molecule has 0 aliphatic carbocycles. The highest BCUT2D eigenvalue weighted by molar-refractivity contribution is 8.33. The molecule has 0 bridgehead atoms. The first-order valence-corrected chi connectivity index (χ1v) is 38.6.